The first-order valence-corrected chi connectivity index (χ1v) is 6.11. The number of anilines is 1. The molecule has 0 bridgehead atoms. The SMILES string of the molecule is COC(=O)c1ccc(C)c(NC(N)SC)c1. The molecule has 4 nitrogen and oxygen atoms in total. The zero-order valence-electron chi connectivity index (χ0n) is 9.61. The van der Waals surface area contributed by atoms with E-state index in [1.54, 1.807) is 12.1 Å². The van der Waals surface area contributed by atoms with Gasteiger partial charge in [-0.25, -0.2) is 4.79 Å². The number of ether oxygens (including phenoxy) is 1. The highest BCUT2D eigenvalue weighted by Crippen LogP contribution is 2.19. The van der Waals surface area contributed by atoms with Crippen molar-refractivity contribution in [3.63, 3.8) is 0 Å². The summed E-state index contributed by atoms with van der Waals surface area (Å²) >= 11 is 1.50. The molecule has 0 aliphatic carbocycles. The molecule has 0 spiro atoms. The van der Waals surface area contributed by atoms with Gasteiger partial charge in [-0.1, -0.05) is 6.07 Å². The van der Waals surface area contributed by atoms with Crippen molar-refractivity contribution >= 4 is 23.4 Å². The minimum absolute atomic E-state index is 0.188. The van der Waals surface area contributed by atoms with Crippen LogP contribution in [0.25, 0.3) is 0 Å². The Morgan fingerprint density at radius 3 is 2.81 bits per heavy atom. The Labute approximate surface area is 99.5 Å². The van der Waals surface area contributed by atoms with E-state index in [-0.39, 0.29) is 11.5 Å². The van der Waals surface area contributed by atoms with Gasteiger partial charge in [0.05, 0.1) is 12.7 Å². The average Bonchev–Trinajstić information content (AvgIpc) is 2.30. The maximum Gasteiger partial charge on any atom is 0.337 e. The van der Waals surface area contributed by atoms with E-state index < -0.39 is 0 Å². The molecule has 5 heteroatoms. The molecule has 0 saturated carbocycles. The lowest BCUT2D eigenvalue weighted by Gasteiger charge is -2.15. The Hall–Kier alpha value is -1.20. The predicted octanol–water partition coefficient (Wildman–Crippen LogP) is 1.80. The summed E-state index contributed by atoms with van der Waals surface area (Å²) in [5.74, 6) is -0.347. The number of thioether (sulfide) groups is 1. The number of methoxy groups -OCH3 is 1. The second-order valence-corrected chi connectivity index (χ2v) is 4.30. The number of nitrogens with one attached hydrogen (secondary N) is 1. The number of rotatable bonds is 4. The van der Waals surface area contributed by atoms with Crippen molar-refractivity contribution in [2.75, 3.05) is 18.7 Å². The summed E-state index contributed by atoms with van der Waals surface area (Å²) in [7, 11) is 1.36. The largest absolute Gasteiger partial charge is 0.465 e. The van der Waals surface area contributed by atoms with E-state index in [2.05, 4.69) is 10.1 Å². The second-order valence-electron chi connectivity index (χ2n) is 3.32. The number of hydrogen-bond donors (Lipinski definition) is 2. The van der Waals surface area contributed by atoms with Crippen LogP contribution in [0.1, 0.15) is 15.9 Å². The first-order valence-electron chi connectivity index (χ1n) is 4.82. The number of carbonyl (C=O) groups excluding carboxylic acids is 1. The third-order valence-corrected chi connectivity index (χ3v) is 2.84. The molecule has 1 unspecified atom stereocenters. The Kier molecular flexibility index (Phi) is 4.64. The summed E-state index contributed by atoms with van der Waals surface area (Å²) < 4.78 is 4.66. The molecular weight excluding hydrogens is 224 g/mol. The summed E-state index contributed by atoms with van der Waals surface area (Å²) in [6.07, 6.45) is 1.91. The van der Waals surface area contributed by atoms with Gasteiger partial charge < -0.3 is 15.8 Å². The van der Waals surface area contributed by atoms with Gasteiger partial charge in [-0.3, -0.25) is 0 Å². The van der Waals surface area contributed by atoms with Gasteiger partial charge in [0.1, 0.15) is 5.50 Å². The fourth-order valence-corrected chi connectivity index (χ4v) is 1.48. The van der Waals surface area contributed by atoms with Gasteiger partial charge in [0, 0.05) is 5.69 Å². The summed E-state index contributed by atoms with van der Waals surface area (Å²) in [6, 6.07) is 5.34. The molecule has 0 aliphatic heterocycles. The van der Waals surface area contributed by atoms with Gasteiger partial charge >= 0.3 is 5.97 Å². The van der Waals surface area contributed by atoms with Gasteiger partial charge in [-0.15, -0.1) is 11.8 Å². The second kappa shape index (κ2) is 5.77. The van der Waals surface area contributed by atoms with Crippen LogP contribution in [-0.2, 0) is 4.74 Å². The predicted molar refractivity (Wildman–Crippen MR) is 67.6 cm³/mol. The van der Waals surface area contributed by atoms with E-state index >= 15 is 0 Å². The molecule has 0 aliphatic rings. The molecule has 1 aromatic carbocycles. The van der Waals surface area contributed by atoms with Crippen LogP contribution in [0.2, 0.25) is 0 Å². The molecule has 0 amide bonds. The molecule has 3 N–H and O–H groups in total. The van der Waals surface area contributed by atoms with Crippen molar-refractivity contribution in [1.82, 2.24) is 0 Å². The lowest BCUT2D eigenvalue weighted by molar-refractivity contribution is 0.0601. The molecule has 0 saturated heterocycles. The smallest absolute Gasteiger partial charge is 0.337 e. The third-order valence-electron chi connectivity index (χ3n) is 2.21. The van der Waals surface area contributed by atoms with E-state index in [0.717, 1.165) is 11.3 Å². The van der Waals surface area contributed by atoms with Crippen LogP contribution in [0, 0.1) is 6.92 Å². The standard InChI is InChI=1S/C11H16N2O2S/c1-7-4-5-8(10(14)15-2)6-9(7)13-11(12)16-3/h4-6,11,13H,12H2,1-3H3. The van der Waals surface area contributed by atoms with Crippen LogP contribution in [0.15, 0.2) is 18.2 Å². The topological polar surface area (TPSA) is 64.3 Å². The number of hydrogen-bond acceptors (Lipinski definition) is 5. The summed E-state index contributed by atoms with van der Waals surface area (Å²) in [5, 5.41) is 3.11. The first kappa shape index (κ1) is 12.9. The normalized spacial score (nSPS) is 12.0. The molecular formula is C11H16N2O2S. The number of nitrogens with two attached hydrogens (primary N) is 1. The fourth-order valence-electron chi connectivity index (χ4n) is 1.23. The quantitative estimate of drug-likeness (QED) is 0.620. The molecule has 0 radical (unpaired) electrons. The molecule has 0 aromatic heterocycles. The van der Waals surface area contributed by atoms with Crippen molar-refractivity contribution in [3.05, 3.63) is 29.3 Å². The van der Waals surface area contributed by atoms with E-state index in [4.69, 9.17) is 5.73 Å². The van der Waals surface area contributed by atoms with Gasteiger partial charge in [0.25, 0.3) is 0 Å². The summed E-state index contributed by atoms with van der Waals surface area (Å²) in [4.78, 5) is 11.3. The lowest BCUT2D eigenvalue weighted by Crippen LogP contribution is -2.25. The van der Waals surface area contributed by atoms with Crippen molar-refractivity contribution in [1.29, 1.82) is 0 Å². The van der Waals surface area contributed by atoms with Gasteiger partial charge in [-0.05, 0) is 30.9 Å². The van der Waals surface area contributed by atoms with Crippen LogP contribution in [0.5, 0.6) is 0 Å². The first-order chi connectivity index (χ1) is 7.58. The van der Waals surface area contributed by atoms with Crippen molar-refractivity contribution in [2.45, 2.75) is 12.4 Å². The Morgan fingerprint density at radius 1 is 1.56 bits per heavy atom. The number of carbonyl (C=O) groups is 1. The monoisotopic (exact) mass is 240 g/mol. The third kappa shape index (κ3) is 3.15. The summed E-state index contributed by atoms with van der Waals surface area (Å²) in [6.45, 7) is 1.95. The molecule has 16 heavy (non-hydrogen) atoms. The van der Waals surface area contributed by atoms with Crippen LogP contribution in [0.4, 0.5) is 5.69 Å². The average molecular weight is 240 g/mol. The molecule has 0 heterocycles. The highest BCUT2D eigenvalue weighted by atomic mass is 32.2. The maximum atomic E-state index is 11.3. The zero-order chi connectivity index (χ0) is 12.1. The highest BCUT2D eigenvalue weighted by molar-refractivity contribution is 7.99. The van der Waals surface area contributed by atoms with E-state index in [0.29, 0.717) is 5.56 Å². The molecule has 1 aromatic rings. The van der Waals surface area contributed by atoms with Crippen molar-refractivity contribution in [2.24, 2.45) is 5.73 Å². The minimum Gasteiger partial charge on any atom is -0.465 e. The van der Waals surface area contributed by atoms with E-state index in [1.807, 2.05) is 19.2 Å². The number of benzene rings is 1. The van der Waals surface area contributed by atoms with E-state index in [9.17, 15) is 4.79 Å². The Morgan fingerprint density at radius 2 is 2.25 bits per heavy atom. The van der Waals surface area contributed by atoms with Gasteiger partial charge in [0.15, 0.2) is 0 Å². The minimum atomic E-state index is -0.347. The zero-order valence-corrected chi connectivity index (χ0v) is 10.4. The van der Waals surface area contributed by atoms with E-state index in [1.165, 1.54) is 18.9 Å². The van der Waals surface area contributed by atoms with Crippen LogP contribution in [0.3, 0.4) is 0 Å². The van der Waals surface area contributed by atoms with Crippen LogP contribution in [-0.4, -0.2) is 24.8 Å². The van der Waals surface area contributed by atoms with Crippen molar-refractivity contribution in [3.8, 4) is 0 Å². The number of esters is 1. The van der Waals surface area contributed by atoms with Gasteiger partial charge in [-0.2, -0.15) is 0 Å². The maximum absolute atomic E-state index is 11.3. The Bertz CT molecular complexity index is 382. The van der Waals surface area contributed by atoms with Crippen LogP contribution >= 0.6 is 11.8 Å². The molecule has 0 fully saturated rings. The van der Waals surface area contributed by atoms with Gasteiger partial charge in [0.2, 0.25) is 0 Å². The molecule has 1 rings (SSSR count). The summed E-state index contributed by atoms with van der Waals surface area (Å²) in [5.41, 5.74) is 7.99. The molecule has 1 atom stereocenters. The van der Waals surface area contributed by atoms with Crippen LogP contribution < -0.4 is 11.1 Å². The Balaban J connectivity index is 2.94. The van der Waals surface area contributed by atoms with Crippen molar-refractivity contribution < 1.29 is 9.53 Å². The lowest BCUT2D eigenvalue weighted by atomic mass is 10.1. The fraction of sp³-hybridized carbons (Fsp3) is 0.364. The molecule has 88 valence electrons. The number of aryl methyl sites for hydroxylation is 1. The highest BCUT2D eigenvalue weighted by Gasteiger charge is 2.09.